The molecule has 0 saturated heterocycles. The molecule has 0 aliphatic heterocycles. The summed E-state index contributed by atoms with van der Waals surface area (Å²) in [4.78, 5) is 16.1. The van der Waals surface area contributed by atoms with Crippen LogP contribution in [0.3, 0.4) is 0 Å². The van der Waals surface area contributed by atoms with Gasteiger partial charge in [-0.1, -0.05) is 6.07 Å². The van der Waals surface area contributed by atoms with Gasteiger partial charge in [-0.15, -0.1) is 0 Å². The molecule has 4 nitrogen and oxygen atoms in total. The first-order valence-electron chi connectivity index (χ1n) is 5.06. The number of nitrogens with zero attached hydrogens (tertiary/aromatic N) is 1. The van der Waals surface area contributed by atoms with Crippen molar-refractivity contribution in [3.05, 3.63) is 35.5 Å². The Morgan fingerprint density at radius 2 is 2.12 bits per heavy atom. The number of carboxylic acids is 1. The molecule has 0 aliphatic rings. The third kappa shape index (κ3) is 2.06. The Labute approximate surface area is 93.5 Å². The molecule has 0 saturated carbocycles. The highest BCUT2D eigenvalue weighted by molar-refractivity contribution is 5.93. The Balaban J connectivity index is 2.42. The maximum Gasteiger partial charge on any atom is 0.335 e. The average molecular weight is 218 g/mol. The van der Waals surface area contributed by atoms with E-state index in [2.05, 4.69) is 9.88 Å². The highest BCUT2D eigenvalue weighted by atomic mass is 16.4. The number of hydrogen-bond acceptors (Lipinski definition) is 2. The number of carboxylic acid groups (broad SMARTS) is 1. The SMILES string of the molecule is CN(C)Cc1cc2ccc(C(=O)O)cc2[nH]1. The van der Waals surface area contributed by atoms with Gasteiger partial charge >= 0.3 is 5.97 Å². The van der Waals surface area contributed by atoms with E-state index in [9.17, 15) is 4.79 Å². The standard InChI is InChI=1S/C12H14N2O2/c1-14(2)7-10-5-8-3-4-9(12(15)16)6-11(8)13-10/h3-6,13H,7H2,1-2H3,(H,15,16). The van der Waals surface area contributed by atoms with E-state index < -0.39 is 5.97 Å². The van der Waals surface area contributed by atoms with Crippen LogP contribution in [0.15, 0.2) is 24.3 Å². The molecule has 84 valence electrons. The Bertz CT molecular complexity index is 529. The van der Waals surface area contributed by atoms with Gasteiger partial charge in [-0.05, 0) is 37.7 Å². The summed E-state index contributed by atoms with van der Waals surface area (Å²) >= 11 is 0. The number of rotatable bonds is 3. The third-order valence-corrected chi connectivity index (χ3v) is 2.41. The summed E-state index contributed by atoms with van der Waals surface area (Å²) < 4.78 is 0. The van der Waals surface area contributed by atoms with Crippen molar-refractivity contribution >= 4 is 16.9 Å². The van der Waals surface area contributed by atoms with Gasteiger partial charge in [-0.25, -0.2) is 4.79 Å². The van der Waals surface area contributed by atoms with Crippen molar-refractivity contribution in [3.8, 4) is 0 Å². The maximum absolute atomic E-state index is 10.8. The lowest BCUT2D eigenvalue weighted by molar-refractivity contribution is 0.0697. The Hall–Kier alpha value is -1.81. The van der Waals surface area contributed by atoms with Gasteiger partial charge in [-0.3, -0.25) is 0 Å². The third-order valence-electron chi connectivity index (χ3n) is 2.41. The van der Waals surface area contributed by atoms with Gasteiger partial charge in [0.25, 0.3) is 0 Å². The first-order valence-corrected chi connectivity index (χ1v) is 5.06. The minimum absolute atomic E-state index is 0.311. The predicted molar refractivity (Wildman–Crippen MR) is 62.6 cm³/mol. The molecular formula is C12H14N2O2. The van der Waals surface area contributed by atoms with E-state index in [0.29, 0.717) is 5.56 Å². The summed E-state index contributed by atoms with van der Waals surface area (Å²) in [5.74, 6) is -0.898. The second-order valence-electron chi connectivity index (χ2n) is 4.14. The van der Waals surface area contributed by atoms with Gasteiger partial charge < -0.3 is 15.0 Å². The highest BCUT2D eigenvalue weighted by Gasteiger charge is 2.06. The normalized spacial score (nSPS) is 11.2. The first-order chi connectivity index (χ1) is 7.56. The number of carbonyl (C=O) groups is 1. The quantitative estimate of drug-likeness (QED) is 0.827. The summed E-state index contributed by atoms with van der Waals surface area (Å²) in [6.45, 7) is 0.817. The number of aromatic amines is 1. The second-order valence-corrected chi connectivity index (χ2v) is 4.14. The summed E-state index contributed by atoms with van der Waals surface area (Å²) in [6, 6.07) is 7.16. The fourth-order valence-corrected chi connectivity index (χ4v) is 1.75. The van der Waals surface area contributed by atoms with Crippen LogP contribution in [0.1, 0.15) is 16.1 Å². The van der Waals surface area contributed by atoms with Crippen LogP contribution in [-0.4, -0.2) is 35.1 Å². The van der Waals surface area contributed by atoms with Crippen molar-refractivity contribution in [2.45, 2.75) is 6.54 Å². The van der Waals surface area contributed by atoms with Gasteiger partial charge in [0, 0.05) is 17.8 Å². The molecule has 4 heteroatoms. The molecule has 0 fully saturated rings. The molecule has 1 aromatic heterocycles. The fourth-order valence-electron chi connectivity index (χ4n) is 1.75. The van der Waals surface area contributed by atoms with Crippen molar-refractivity contribution in [1.82, 2.24) is 9.88 Å². The number of H-pyrrole nitrogens is 1. The number of aromatic carboxylic acids is 1. The number of fused-ring (bicyclic) bond motifs is 1. The fraction of sp³-hybridized carbons (Fsp3) is 0.250. The molecule has 1 aromatic carbocycles. The van der Waals surface area contributed by atoms with Gasteiger partial charge in [0.2, 0.25) is 0 Å². The summed E-state index contributed by atoms with van der Waals surface area (Å²) in [6.07, 6.45) is 0. The smallest absolute Gasteiger partial charge is 0.335 e. The molecule has 2 rings (SSSR count). The van der Waals surface area contributed by atoms with Crippen molar-refractivity contribution < 1.29 is 9.90 Å². The van der Waals surface area contributed by atoms with E-state index in [0.717, 1.165) is 23.1 Å². The molecular weight excluding hydrogens is 204 g/mol. The van der Waals surface area contributed by atoms with E-state index in [4.69, 9.17) is 5.11 Å². The summed E-state index contributed by atoms with van der Waals surface area (Å²) in [5, 5.41) is 9.92. The van der Waals surface area contributed by atoms with Crippen LogP contribution in [0.5, 0.6) is 0 Å². The summed E-state index contributed by atoms with van der Waals surface area (Å²) in [5.41, 5.74) is 2.27. The van der Waals surface area contributed by atoms with E-state index >= 15 is 0 Å². The van der Waals surface area contributed by atoms with Gasteiger partial charge in [-0.2, -0.15) is 0 Å². The van der Waals surface area contributed by atoms with E-state index in [1.54, 1.807) is 12.1 Å². The van der Waals surface area contributed by atoms with Gasteiger partial charge in [0.05, 0.1) is 5.56 Å². The van der Waals surface area contributed by atoms with E-state index in [-0.39, 0.29) is 0 Å². The predicted octanol–water partition coefficient (Wildman–Crippen LogP) is 1.93. The second kappa shape index (κ2) is 3.98. The number of aromatic nitrogens is 1. The zero-order valence-corrected chi connectivity index (χ0v) is 9.32. The van der Waals surface area contributed by atoms with Crippen molar-refractivity contribution in [1.29, 1.82) is 0 Å². The number of hydrogen-bond donors (Lipinski definition) is 2. The minimum atomic E-state index is -0.898. The highest BCUT2D eigenvalue weighted by Crippen LogP contribution is 2.17. The molecule has 0 unspecified atom stereocenters. The molecule has 2 aromatic rings. The molecule has 2 N–H and O–H groups in total. The van der Waals surface area contributed by atoms with Crippen LogP contribution in [0.2, 0.25) is 0 Å². The van der Waals surface area contributed by atoms with E-state index in [1.807, 2.05) is 26.2 Å². The Kier molecular flexibility index (Phi) is 2.66. The Morgan fingerprint density at radius 1 is 1.38 bits per heavy atom. The van der Waals surface area contributed by atoms with Crippen LogP contribution in [0.25, 0.3) is 10.9 Å². The van der Waals surface area contributed by atoms with Crippen molar-refractivity contribution in [3.63, 3.8) is 0 Å². The average Bonchev–Trinajstić information content (AvgIpc) is 2.56. The van der Waals surface area contributed by atoms with E-state index in [1.165, 1.54) is 0 Å². The zero-order chi connectivity index (χ0) is 11.7. The molecule has 1 heterocycles. The Morgan fingerprint density at radius 3 is 2.75 bits per heavy atom. The molecule has 16 heavy (non-hydrogen) atoms. The van der Waals surface area contributed by atoms with Crippen molar-refractivity contribution in [2.24, 2.45) is 0 Å². The molecule has 0 aliphatic carbocycles. The van der Waals surface area contributed by atoms with Crippen LogP contribution in [0, 0.1) is 0 Å². The molecule has 0 bridgehead atoms. The van der Waals surface area contributed by atoms with Gasteiger partial charge in [0.15, 0.2) is 0 Å². The first kappa shape index (κ1) is 10.7. The van der Waals surface area contributed by atoms with Crippen LogP contribution >= 0.6 is 0 Å². The zero-order valence-electron chi connectivity index (χ0n) is 9.32. The maximum atomic E-state index is 10.8. The number of nitrogens with one attached hydrogen (secondary N) is 1. The largest absolute Gasteiger partial charge is 0.478 e. The molecule has 0 spiro atoms. The van der Waals surface area contributed by atoms with Crippen LogP contribution in [0.4, 0.5) is 0 Å². The molecule has 0 atom stereocenters. The number of benzene rings is 1. The summed E-state index contributed by atoms with van der Waals surface area (Å²) in [7, 11) is 3.99. The topological polar surface area (TPSA) is 56.3 Å². The van der Waals surface area contributed by atoms with Crippen LogP contribution in [-0.2, 0) is 6.54 Å². The van der Waals surface area contributed by atoms with Gasteiger partial charge in [0.1, 0.15) is 0 Å². The molecule has 0 radical (unpaired) electrons. The van der Waals surface area contributed by atoms with Crippen LogP contribution < -0.4 is 0 Å². The minimum Gasteiger partial charge on any atom is -0.478 e. The lowest BCUT2D eigenvalue weighted by Crippen LogP contribution is -2.10. The lowest BCUT2D eigenvalue weighted by atomic mass is 10.1. The molecule has 0 amide bonds. The van der Waals surface area contributed by atoms with Crippen molar-refractivity contribution in [2.75, 3.05) is 14.1 Å². The monoisotopic (exact) mass is 218 g/mol. The lowest BCUT2D eigenvalue weighted by Gasteiger charge is -2.06.